The third-order valence-corrected chi connectivity index (χ3v) is 4.15. The number of sulfonamides is 1. The highest BCUT2D eigenvalue weighted by molar-refractivity contribution is 7.89. The van der Waals surface area contributed by atoms with E-state index in [1.54, 1.807) is 0 Å². The molecule has 0 atom stereocenters. The maximum absolute atomic E-state index is 11.8. The van der Waals surface area contributed by atoms with Crippen LogP contribution in [0.5, 0.6) is 0 Å². The molecule has 0 bridgehead atoms. The summed E-state index contributed by atoms with van der Waals surface area (Å²) in [4.78, 5) is 13.7. The van der Waals surface area contributed by atoms with Crippen LogP contribution in [0.1, 0.15) is 12.8 Å². The third-order valence-electron chi connectivity index (χ3n) is 2.67. The second-order valence-electron chi connectivity index (χ2n) is 4.29. The Kier molecular flexibility index (Phi) is 4.15. The van der Waals surface area contributed by atoms with E-state index in [0.29, 0.717) is 19.1 Å². The number of hydrogen-bond acceptors (Lipinski definition) is 4. The summed E-state index contributed by atoms with van der Waals surface area (Å²) in [6.07, 6.45) is 4.96. The first-order valence-electron chi connectivity index (χ1n) is 5.84. The molecule has 1 fully saturated rings. The third kappa shape index (κ3) is 3.66. The van der Waals surface area contributed by atoms with Crippen LogP contribution in [0.25, 0.3) is 0 Å². The Morgan fingerprint density at radius 3 is 2.89 bits per heavy atom. The van der Waals surface area contributed by atoms with Gasteiger partial charge >= 0.3 is 0 Å². The van der Waals surface area contributed by atoms with Crippen LogP contribution in [-0.2, 0) is 14.8 Å². The van der Waals surface area contributed by atoms with Crippen molar-refractivity contribution in [3.8, 4) is 0 Å². The first-order valence-corrected chi connectivity index (χ1v) is 7.32. The van der Waals surface area contributed by atoms with Crippen molar-refractivity contribution in [2.75, 3.05) is 19.8 Å². The highest BCUT2D eigenvalue weighted by Gasteiger charge is 2.21. The zero-order valence-electron chi connectivity index (χ0n) is 9.89. The predicted molar refractivity (Wildman–Crippen MR) is 65.8 cm³/mol. The number of H-pyrrole nitrogens is 1. The molecule has 0 spiro atoms. The molecule has 1 aliphatic rings. The van der Waals surface area contributed by atoms with Crippen molar-refractivity contribution in [3.05, 3.63) is 28.7 Å². The minimum Gasteiger partial charge on any atom is -0.380 e. The van der Waals surface area contributed by atoms with Crippen LogP contribution in [0.2, 0.25) is 0 Å². The molecule has 0 radical (unpaired) electrons. The molecule has 0 unspecified atom stereocenters. The number of nitrogens with one attached hydrogen (secondary N) is 2. The molecule has 2 rings (SSSR count). The molecule has 100 valence electrons. The zero-order valence-corrected chi connectivity index (χ0v) is 10.7. The summed E-state index contributed by atoms with van der Waals surface area (Å²) in [5.41, 5.74) is -0.528. The van der Waals surface area contributed by atoms with E-state index in [1.165, 1.54) is 31.3 Å². The van der Waals surface area contributed by atoms with Crippen molar-refractivity contribution in [1.29, 1.82) is 0 Å². The summed E-state index contributed by atoms with van der Waals surface area (Å²) < 4.78 is 31.2. The molecular weight excluding hydrogens is 256 g/mol. The Balaban J connectivity index is 1.83. The molecule has 7 heteroatoms. The van der Waals surface area contributed by atoms with Gasteiger partial charge in [0.2, 0.25) is 15.5 Å². The molecule has 0 aliphatic heterocycles. The van der Waals surface area contributed by atoms with Gasteiger partial charge in [-0.2, -0.15) is 0 Å². The van der Waals surface area contributed by atoms with Gasteiger partial charge < -0.3 is 9.72 Å². The lowest BCUT2D eigenvalue weighted by atomic mass is 10.5. The average molecular weight is 272 g/mol. The zero-order chi connectivity index (χ0) is 13.0. The first kappa shape index (κ1) is 13.3. The molecule has 0 amide bonds. The summed E-state index contributed by atoms with van der Waals surface area (Å²) in [6, 6.07) is 1.18. The minimum absolute atomic E-state index is 0.170. The second kappa shape index (κ2) is 5.64. The van der Waals surface area contributed by atoms with Crippen molar-refractivity contribution in [2.24, 2.45) is 5.92 Å². The number of aromatic nitrogens is 1. The van der Waals surface area contributed by atoms with Crippen LogP contribution < -0.4 is 10.2 Å². The summed E-state index contributed by atoms with van der Waals surface area (Å²) in [5, 5.41) is 0. The molecule has 1 aromatic rings. The topological polar surface area (TPSA) is 88.3 Å². The molecule has 1 aromatic heterocycles. The fraction of sp³-hybridized carbons (Fsp3) is 0.545. The van der Waals surface area contributed by atoms with Crippen LogP contribution in [0.3, 0.4) is 0 Å². The van der Waals surface area contributed by atoms with E-state index < -0.39 is 15.5 Å². The molecule has 1 saturated carbocycles. The van der Waals surface area contributed by atoms with Crippen LogP contribution in [0.15, 0.2) is 28.2 Å². The quantitative estimate of drug-likeness (QED) is 0.688. The normalized spacial score (nSPS) is 15.8. The Morgan fingerprint density at radius 2 is 2.22 bits per heavy atom. The lowest BCUT2D eigenvalue weighted by Crippen LogP contribution is -2.31. The lowest BCUT2D eigenvalue weighted by Gasteiger charge is -2.06. The van der Waals surface area contributed by atoms with Crippen LogP contribution in [0, 0.1) is 5.92 Å². The lowest BCUT2D eigenvalue weighted by molar-refractivity contribution is 0.129. The van der Waals surface area contributed by atoms with E-state index in [-0.39, 0.29) is 11.4 Å². The van der Waals surface area contributed by atoms with Crippen molar-refractivity contribution >= 4 is 10.0 Å². The SMILES string of the molecule is O=c1cc[nH]cc1S(=O)(=O)NCCOCC1CC1. The molecule has 0 aromatic carbocycles. The van der Waals surface area contributed by atoms with Gasteiger partial charge in [-0.15, -0.1) is 0 Å². The van der Waals surface area contributed by atoms with Gasteiger partial charge in [0.15, 0.2) is 0 Å². The van der Waals surface area contributed by atoms with Crippen molar-refractivity contribution in [1.82, 2.24) is 9.71 Å². The van der Waals surface area contributed by atoms with E-state index in [2.05, 4.69) is 9.71 Å². The number of ether oxygens (including phenoxy) is 1. The van der Waals surface area contributed by atoms with E-state index in [0.717, 1.165) is 0 Å². The smallest absolute Gasteiger partial charge is 0.245 e. The van der Waals surface area contributed by atoms with Crippen LogP contribution in [-0.4, -0.2) is 33.2 Å². The molecule has 18 heavy (non-hydrogen) atoms. The van der Waals surface area contributed by atoms with Gasteiger partial charge in [0, 0.05) is 31.6 Å². The average Bonchev–Trinajstić information content (AvgIpc) is 3.13. The molecule has 1 aliphatic carbocycles. The van der Waals surface area contributed by atoms with Gasteiger partial charge in [0.1, 0.15) is 4.90 Å². The number of rotatable bonds is 7. The van der Waals surface area contributed by atoms with Crippen molar-refractivity contribution in [3.63, 3.8) is 0 Å². The fourth-order valence-electron chi connectivity index (χ4n) is 1.47. The largest absolute Gasteiger partial charge is 0.380 e. The van der Waals surface area contributed by atoms with E-state index in [9.17, 15) is 13.2 Å². The number of aromatic amines is 1. The standard InChI is InChI=1S/C11H16N2O4S/c14-10-3-4-12-7-11(10)18(15,16)13-5-6-17-8-9-1-2-9/h3-4,7,9,13H,1-2,5-6,8H2,(H,12,14). The first-order chi connectivity index (χ1) is 8.59. The Bertz CT molecular complexity index is 548. The summed E-state index contributed by atoms with van der Waals surface area (Å²) in [7, 11) is -3.75. The van der Waals surface area contributed by atoms with Crippen LogP contribution >= 0.6 is 0 Å². The monoisotopic (exact) mass is 272 g/mol. The van der Waals surface area contributed by atoms with Crippen LogP contribution in [0.4, 0.5) is 0 Å². The van der Waals surface area contributed by atoms with E-state index in [1.807, 2.05) is 0 Å². The maximum Gasteiger partial charge on any atom is 0.245 e. The Morgan fingerprint density at radius 1 is 1.44 bits per heavy atom. The summed E-state index contributed by atoms with van der Waals surface area (Å²) in [6.45, 7) is 1.18. The maximum atomic E-state index is 11.8. The Labute approximate surface area is 105 Å². The molecule has 1 heterocycles. The second-order valence-corrected chi connectivity index (χ2v) is 6.02. The van der Waals surface area contributed by atoms with Gasteiger partial charge in [-0.3, -0.25) is 4.79 Å². The van der Waals surface area contributed by atoms with Gasteiger partial charge in [-0.05, 0) is 18.8 Å². The molecule has 0 saturated heterocycles. The van der Waals surface area contributed by atoms with E-state index >= 15 is 0 Å². The molecule has 6 nitrogen and oxygen atoms in total. The van der Waals surface area contributed by atoms with Crippen molar-refractivity contribution in [2.45, 2.75) is 17.7 Å². The van der Waals surface area contributed by atoms with Gasteiger partial charge in [-0.25, -0.2) is 13.1 Å². The summed E-state index contributed by atoms with van der Waals surface area (Å²) in [5.74, 6) is 0.651. The molecule has 2 N–H and O–H groups in total. The number of hydrogen-bond donors (Lipinski definition) is 2. The van der Waals surface area contributed by atoms with Crippen molar-refractivity contribution < 1.29 is 13.2 Å². The van der Waals surface area contributed by atoms with Gasteiger partial charge in [0.05, 0.1) is 6.61 Å². The highest BCUT2D eigenvalue weighted by Crippen LogP contribution is 2.28. The van der Waals surface area contributed by atoms with Gasteiger partial charge in [-0.1, -0.05) is 0 Å². The molecular formula is C11H16N2O4S. The minimum atomic E-state index is -3.75. The summed E-state index contributed by atoms with van der Waals surface area (Å²) >= 11 is 0. The number of pyridine rings is 1. The van der Waals surface area contributed by atoms with E-state index in [4.69, 9.17) is 4.74 Å². The Hall–Kier alpha value is -1.18. The highest BCUT2D eigenvalue weighted by atomic mass is 32.2. The van der Waals surface area contributed by atoms with Gasteiger partial charge in [0.25, 0.3) is 0 Å². The fourth-order valence-corrected chi connectivity index (χ4v) is 2.53. The predicted octanol–water partition coefficient (Wildman–Crippen LogP) is 0.0798.